The smallest absolute Gasteiger partial charge is 0.326 e. The summed E-state index contributed by atoms with van der Waals surface area (Å²) in [6, 6.07) is 5.68. The molecule has 0 spiro atoms. The number of carbonyl (C=O) groups is 2. The molecular weight excluding hydrogens is 300 g/mol. The highest BCUT2D eigenvalue weighted by Gasteiger charge is 2.21. The molecule has 0 radical (unpaired) electrons. The molecule has 23 heavy (non-hydrogen) atoms. The summed E-state index contributed by atoms with van der Waals surface area (Å²) >= 11 is 0. The van der Waals surface area contributed by atoms with Gasteiger partial charge in [-0.25, -0.2) is 9.48 Å². The van der Waals surface area contributed by atoms with Gasteiger partial charge in [0.15, 0.2) is 0 Å². The van der Waals surface area contributed by atoms with Crippen molar-refractivity contribution in [2.24, 2.45) is 5.92 Å². The number of nitrogens with one attached hydrogen (secondary N) is 1. The Hall–Kier alpha value is -2.77. The molecule has 2 N–H and O–H groups in total. The fourth-order valence-corrected chi connectivity index (χ4v) is 2.20. The normalized spacial score (nSPS) is 12.3. The van der Waals surface area contributed by atoms with Crippen molar-refractivity contribution in [3.63, 3.8) is 0 Å². The minimum Gasteiger partial charge on any atom is -0.480 e. The van der Waals surface area contributed by atoms with Gasteiger partial charge in [0.2, 0.25) is 5.91 Å². The van der Waals surface area contributed by atoms with Gasteiger partial charge in [-0.05, 0) is 24.5 Å². The number of carbonyl (C=O) groups excluding carboxylic acids is 1. The van der Waals surface area contributed by atoms with Crippen molar-refractivity contribution >= 4 is 22.8 Å². The van der Waals surface area contributed by atoms with Gasteiger partial charge >= 0.3 is 5.97 Å². The highest BCUT2D eigenvalue weighted by molar-refractivity contribution is 5.83. The van der Waals surface area contributed by atoms with E-state index in [-0.39, 0.29) is 12.5 Å². The maximum atomic E-state index is 12.2. The average molecular weight is 318 g/mol. The van der Waals surface area contributed by atoms with E-state index in [0.717, 1.165) is 4.68 Å². The van der Waals surface area contributed by atoms with E-state index in [0.29, 0.717) is 17.3 Å². The van der Waals surface area contributed by atoms with E-state index in [1.165, 1.54) is 0 Å². The molecule has 0 saturated carbocycles. The van der Waals surface area contributed by atoms with E-state index in [9.17, 15) is 14.4 Å². The van der Waals surface area contributed by atoms with Crippen LogP contribution in [0, 0.1) is 5.92 Å². The highest BCUT2D eigenvalue weighted by Crippen LogP contribution is 2.05. The van der Waals surface area contributed by atoms with E-state index < -0.39 is 23.5 Å². The van der Waals surface area contributed by atoms with Crippen molar-refractivity contribution in [3.05, 3.63) is 34.6 Å². The number of rotatable bonds is 6. The van der Waals surface area contributed by atoms with E-state index in [2.05, 4.69) is 15.6 Å². The molecular formula is C15H18N4O4. The lowest BCUT2D eigenvalue weighted by Gasteiger charge is -2.16. The molecule has 0 fully saturated rings. The number of carboxylic acid groups (broad SMARTS) is 1. The van der Waals surface area contributed by atoms with Crippen LogP contribution in [0.3, 0.4) is 0 Å². The molecule has 1 unspecified atom stereocenters. The lowest BCUT2D eigenvalue weighted by atomic mass is 10.0. The number of hydrogen-bond donors (Lipinski definition) is 2. The molecule has 8 nitrogen and oxygen atoms in total. The Morgan fingerprint density at radius 1 is 1.30 bits per heavy atom. The molecule has 1 heterocycles. The van der Waals surface area contributed by atoms with Crippen LogP contribution < -0.4 is 10.9 Å². The Labute approximate surface area is 132 Å². The van der Waals surface area contributed by atoms with Gasteiger partial charge in [-0.3, -0.25) is 9.59 Å². The quantitative estimate of drug-likeness (QED) is 0.797. The van der Waals surface area contributed by atoms with Gasteiger partial charge in [0.1, 0.15) is 18.1 Å². The second-order valence-corrected chi connectivity index (χ2v) is 5.66. The van der Waals surface area contributed by atoms with Crippen LogP contribution in [0.5, 0.6) is 0 Å². The zero-order valence-electron chi connectivity index (χ0n) is 12.9. The van der Waals surface area contributed by atoms with Gasteiger partial charge in [-0.2, -0.15) is 0 Å². The predicted octanol–water partition coefficient (Wildman–Crippen LogP) is 0.407. The molecule has 0 bridgehead atoms. The molecule has 1 atom stereocenters. The van der Waals surface area contributed by atoms with E-state index in [1.807, 2.05) is 13.8 Å². The fourth-order valence-electron chi connectivity index (χ4n) is 2.20. The van der Waals surface area contributed by atoms with Crippen LogP contribution in [0.1, 0.15) is 20.3 Å². The Bertz CT molecular complexity index is 784. The molecule has 0 aliphatic rings. The maximum Gasteiger partial charge on any atom is 0.326 e. The molecule has 2 aromatic rings. The maximum absolute atomic E-state index is 12.2. The zero-order chi connectivity index (χ0) is 17.0. The lowest BCUT2D eigenvalue weighted by molar-refractivity contribution is -0.142. The summed E-state index contributed by atoms with van der Waals surface area (Å²) in [7, 11) is 0. The number of nitrogens with zero attached hydrogens (tertiary/aromatic N) is 3. The van der Waals surface area contributed by atoms with Crippen LogP contribution in [0.15, 0.2) is 29.1 Å². The summed E-state index contributed by atoms with van der Waals surface area (Å²) in [6.45, 7) is 3.35. The molecule has 0 aliphatic heterocycles. The van der Waals surface area contributed by atoms with Gasteiger partial charge in [0.05, 0.1) is 5.39 Å². The van der Waals surface area contributed by atoms with Gasteiger partial charge in [0.25, 0.3) is 5.56 Å². The number of hydrogen-bond acceptors (Lipinski definition) is 5. The molecule has 1 aromatic carbocycles. The van der Waals surface area contributed by atoms with Crippen molar-refractivity contribution in [2.75, 3.05) is 0 Å². The van der Waals surface area contributed by atoms with Gasteiger partial charge in [0, 0.05) is 0 Å². The number of aromatic nitrogens is 3. The van der Waals surface area contributed by atoms with E-state index in [1.54, 1.807) is 24.3 Å². The molecule has 0 saturated heterocycles. The minimum atomic E-state index is -1.11. The Kier molecular flexibility index (Phi) is 5.05. The van der Waals surface area contributed by atoms with Crippen molar-refractivity contribution in [2.45, 2.75) is 32.9 Å². The molecule has 1 aromatic heterocycles. The zero-order valence-corrected chi connectivity index (χ0v) is 12.9. The van der Waals surface area contributed by atoms with E-state index in [4.69, 9.17) is 5.11 Å². The van der Waals surface area contributed by atoms with E-state index >= 15 is 0 Å². The Morgan fingerprint density at radius 2 is 2.00 bits per heavy atom. The number of carboxylic acids is 1. The topological polar surface area (TPSA) is 114 Å². The van der Waals surface area contributed by atoms with Crippen LogP contribution in [-0.4, -0.2) is 38.0 Å². The summed E-state index contributed by atoms with van der Waals surface area (Å²) in [4.78, 5) is 35.4. The largest absolute Gasteiger partial charge is 0.480 e. The SMILES string of the molecule is CC(C)CC(NC(=O)Cn1nnc2ccccc2c1=O)C(=O)O. The summed E-state index contributed by atoms with van der Waals surface area (Å²) in [6.07, 6.45) is 0.305. The third-order valence-corrected chi connectivity index (χ3v) is 3.26. The van der Waals surface area contributed by atoms with Gasteiger partial charge < -0.3 is 10.4 Å². The third kappa shape index (κ3) is 4.12. The van der Waals surface area contributed by atoms with Crippen LogP contribution in [0.4, 0.5) is 0 Å². The number of fused-ring (bicyclic) bond motifs is 1. The first-order chi connectivity index (χ1) is 10.9. The molecule has 0 aliphatic carbocycles. The lowest BCUT2D eigenvalue weighted by Crippen LogP contribution is -2.44. The van der Waals surface area contributed by atoms with Crippen LogP contribution >= 0.6 is 0 Å². The minimum absolute atomic E-state index is 0.111. The summed E-state index contributed by atoms with van der Waals surface area (Å²) in [5.41, 5.74) is -0.00105. The third-order valence-electron chi connectivity index (χ3n) is 3.26. The monoisotopic (exact) mass is 318 g/mol. The first-order valence-electron chi connectivity index (χ1n) is 7.23. The Morgan fingerprint density at radius 3 is 2.65 bits per heavy atom. The molecule has 8 heteroatoms. The highest BCUT2D eigenvalue weighted by atomic mass is 16.4. The van der Waals surface area contributed by atoms with Crippen molar-refractivity contribution in [3.8, 4) is 0 Å². The van der Waals surface area contributed by atoms with Crippen molar-refractivity contribution < 1.29 is 14.7 Å². The second kappa shape index (κ2) is 6.99. The summed E-state index contributed by atoms with van der Waals surface area (Å²) < 4.78 is 0.923. The number of aliphatic carboxylic acids is 1. The van der Waals surface area contributed by atoms with Gasteiger partial charge in [-0.15, -0.1) is 5.10 Å². The standard InChI is InChI=1S/C15H18N4O4/c1-9(2)7-12(15(22)23)16-13(20)8-19-14(21)10-5-3-4-6-11(10)17-18-19/h3-6,9,12H,7-8H2,1-2H3,(H,16,20)(H,22,23). The molecule has 1 amide bonds. The van der Waals surface area contributed by atoms with Crippen LogP contribution in [0.2, 0.25) is 0 Å². The van der Waals surface area contributed by atoms with Crippen LogP contribution in [0.25, 0.3) is 10.9 Å². The predicted molar refractivity (Wildman–Crippen MR) is 82.8 cm³/mol. The Balaban J connectivity index is 2.15. The second-order valence-electron chi connectivity index (χ2n) is 5.66. The van der Waals surface area contributed by atoms with Crippen LogP contribution in [-0.2, 0) is 16.1 Å². The molecule has 122 valence electrons. The number of benzene rings is 1. The summed E-state index contributed by atoms with van der Waals surface area (Å²) in [5.74, 6) is -1.59. The fraction of sp³-hybridized carbons (Fsp3) is 0.400. The van der Waals surface area contributed by atoms with Crippen molar-refractivity contribution in [1.29, 1.82) is 0 Å². The first-order valence-corrected chi connectivity index (χ1v) is 7.23. The average Bonchev–Trinajstić information content (AvgIpc) is 2.49. The first kappa shape index (κ1) is 16.6. The number of amides is 1. The van der Waals surface area contributed by atoms with Gasteiger partial charge in [-0.1, -0.05) is 31.2 Å². The van der Waals surface area contributed by atoms with Crippen molar-refractivity contribution in [1.82, 2.24) is 20.3 Å². The molecule has 2 rings (SSSR count). The summed E-state index contributed by atoms with van der Waals surface area (Å²) in [5, 5.41) is 19.5.